The van der Waals surface area contributed by atoms with Gasteiger partial charge in [0.25, 0.3) is 0 Å². The number of phosphoric acid groups is 1. The number of carbonyl (C=O) groups is 2. The van der Waals surface area contributed by atoms with Gasteiger partial charge in [0, 0.05) is 0 Å². The van der Waals surface area contributed by atoms with E-state index in [1.165, 1.54) is 0 Å². The van der Waals surface area contributed by atoms with Crippen molar-refractivity contribution in [1.82, 2.24) is 0 Å². The molecule has 1 unspecified atom stereocenters. The minimum absolute atomic E-state index is 0.00393. The van der Waals surface area contributed by atoms with Crippen molar-refractivity contribution in [2.45, 2.75) is 51.8 Å². The number of esters is 1. The van der Waals surface area contributed by atoms with Gasteiger partial charge in [-0.15, -0.1) is 0 Å². The molecule has 0 spiro atoms. The van der Waals surface area contributed by atoms with Gasteiger partial charge < -0.3 is 25.8 Å². The summed E-state index contributed by atoms with van der Waals surface area (Å²) in [6, 6.07) is 4.56. The molecule has 0 bridgehead atoms. The molecule has 1 aromatic rings. The van der Waals surface area contributed by atoms with Crippen LogP contribution in [0.3, 0.4) is 0 Å². The number of carboxylic acid groups (broad SMARTS) is 1. The number of hydrogen-bond acceptors (Lipinski definition) is 9. The lowest BCUT2D eigenvalue weighted by Crippen LogP contribution is -2.34. The number of hydrogen-bond donors (Lipinski definition) is 3. The van der Waals surface area contributed by atoms with Crippen LogP contribution in [0, 0.1) is 0 Å². The summed E-state index contributed by atoms with van der Waals surface area (Å²) in [5.74, 6) is -1.39. The van der Waals surface area contributed by atoms with Crippen LogP contribution < -0.4 is 16.0 Å². The third-order valence-corrected chi connectivity index (χ3v) is 5.33. The van der Waals surface area contributed by atoms with E-state index in [1.54, 1.807) is 38.1 Å². The Morgan fingerprint density at radius 2 is 1.59 bits per heavy atom. The van der Waals surface area contributed by atoms with Crippen molar-refractivity contribution in [1.29, 1.82) is 0 Å². The number of carbonyl (C=O) groups excluding carboxylic acids is 1. The summed E-state index contributed by atoms with van der Waals surface area (Å²) < 4.78 is 32.9. The summed E-state index contributed by atoms with van der Waals surface area (Å²) in [6.07, 6.45) is 0.900. The summed E-state index contributed by atoms with van der Waals surface area (Å²) in [7, 11) is -3.67. The van der Waals surface area contributed by atoms with E-state index in [0.29, 0.717) is 12.0 Å². The second-order valence-electron chi connectivity index (χ2n) is 6.11. The quantitative estimate of drug-likeness (QED) is 0.294. The van der Waals surface area contributed by atoms with E-state index in [-0.39, 0.29) is 38.4 Å². The minimum atomic E-state index is -3.67. The van der Waals surface area contributed by atoms with Crippen molar-refractivity contribution < 1.29 is 37.6 Å². The van der Waals surface area contributed by atoms with Gasteiger partial charge in [0.15, 0.2) is 0 Å². The van der Waals surface area contributed by atoms with Gasteiger partial charge in [-0.1, -0.05) is 12.1 Å². The van der Waals surface area contributed by atoms with E-state index >= 15 is 0 Å². The fraction of sp³-hybridized carbons (Fsp3) is 0.556. The third-order valence-electron chi connectivity index (χ3n) is 3.75. The summed E-state index contributed by atoms with van der Waals surface area (Å²) in [5.41, 5.74) is 11.8. The highest BCUT2D eigenvalue weighted by Gasteiger charge is 2.27. The summed E-state index contributed by atoms with van der Waals surface area (Å²) >= 11 is 0. The zero-order valence-electron chi connectivity index (χ0n) is 16.6. The zero-order chi connectivity index (χ0) is 21.9. The van der Waals surface area contributed by atoms with E-state index in [9.17, 15) is 14.2 Å². The molecule has 29 heavy (non-hydrogen) atoms. The molecule has 0 aliphatic carbocycles. The number of benzene rings is 1. The van der Waals surface area contributed by atoms with Crippen LogP contribution in [0.2, 0.25) is 0 Å². The molecule has 0 aliphatic rings. The van der Waals surface area contributed by atoms with Crippen LogP contribution in [0.4, 0.5) is 0 Å². The first kappa shape index (κ1) is 25.1. The lowest BCUT2D eigenvalue weighted by Gasteiger charge is -2.17. The Morgan fingerprint density at radius 3 is 2.10 bits per heavy atom. The monoisotopic (exact) mass is 432 g/mol. The van der Waals surface area contributed by atoms with E-state index in [4.69, 9.17) is 34.9 Å². The van der Waals surface area contributed by atoms with Crippen molar-refractivity contribution >= 4 is 19.8 Å². The maximum absolute atomic E-state index is 12.3. The Kier molecular flexibility index (Phi) is 10.9. The Morgan fingerprint density at radius 1 is 1.03 bits per heavy atom. The molecule has 0 saturated heterocycles. The summed E-state index contributed by atoms with van der Waals surface area (Å²) in [5, 5.41) is 8.72. The van der Waals surface area contributed by atoms with Gasteiger partial charge in [0.1, 0.15) is 24.4 Å². The third kappa shape index (κ3) is 9.38. The molecule has 164 valence electrons. The van der Waals surface area contributed by atoms with Crippen LogP contribution in [0.5, 0.6) is 5.75 Å². The maximum atomic E-state index is 12.3. The molecule has 0 aliphatic heterocycles. The first-order valence-corrected chi connectivity index (χ1v) is 10.7. The predicted molar refractivity (Wildman–Crippen MR) is 105 cm³/mol. The number of carboxylic acids is 1. The normalized spacial score (nSPS) is 13.5. The van der Waals surface area contributed by atoms with E-state index in [2.05, 4.69) is 0 Å². The van der Waals surface area contributed by atoms with Crippen molar-refractivity contribution in [2.75, 3.05) is 13.2 Å². The molecule has 0 amide bonds. The number of rotatable bonds is 14. The van der Waals surface area contributed by atoms with Gasteiger partial charge in [0.05, 0.1) is 13.2 Å². The molecule has 11 heteroatoms. The van der Waals surface area contributed by atoms with Crippen LogP contribution >= 0.6 is 7.82 Å². The highest BCUT2D eigenvalue weighted by Crippen LogP contribution is 2.49. The Labute approximate surface area is 170 Å². The van der Waals surface area contributed by atoms with Gasteiger partial charge in [-0.05, 0) is 50.8 Å². The van der Waals surface area contributed by atoms with Gasteiger partial charge in [-0.2, -0.15) is 0 Å². The lowest BCUT2D eigenvalue weighted by atomic mass is 10.1. The van der Waals surface area contributed by atoms with Crippen LogP contribution in [0.1, 0.15) is 38.7 Å². The van der Waals surface area contributed by atoms with Crippen LogP contribution in [0.15, 0.2) is 24.3 Å². The smallest absolute Gasteiger partial charge is 0.480 e. The number of aliphatic carboxylic acids is 1. The van der Waals surface area contributed by atoms with Gasteiger partial charge in [-0.25, -0.2) is 4.57 Å². The largest absolute Gasteiger partial charge is 0.530 e. The maximum Gasteiger partial charge on any atom is 0.530 e. The fourth-order valence-corrected chi connectivity index (χ4v) is 3.43. The molecule has 1 aromatic carbocycles. The molecular formula is C18H29N2O8P. The van der Waals surface area contributed by atoms with Gasteiger partial charge >= 0.3 is 19.8 Å². The molecule has 2 atom stereocenters. The summed E-state index contributed by atoms with van der Waals surface area (Å²) in [4.78, 5) is 22.6. The van der Waals surface area contributed by atoms with Crippen molar-refractivity contribution in [2.24, 2.45) is 11.5 Å². The molecular weight excluding hydrogens is 403 g/mol. The molecule has 5 N–H and O–H groups in total. The molecule has 0 radical (unpaired) electrons. The van der Waals surface area contributed by atoms with Crippen molar-refractivity contribution in [3.63, 3.8) is 0 Å². The standard InChI is InChI=1S/C18H29N2O8P/c1-3-26-29(24,27-4-2)28-14-10-8-13(9-11-14)12-25-18(23)16(20)7-5-6-15(19)17(21)22/h8-11,15-16H,3-7,12,19-20H2,1-2H3,(H,21,22)/t15-,16?/m0/s1. The van der Waals surface area contributed by atoms with Gasteiger partial charge in [0.2, 0.25) is 0 Å². The van der Waals surface area contributed by atoms with Gasteiger partial charge in [-0.3, -0.25) is 18.6 Å². The number of ether oxygens (including phenoxy) is 1. The molecule has 1 rings (SSSR count). The van der Waals surface area contributed by atoms with Crippen LogP contribution in [-0.2, 0) is 34.5 Å². The van der Waals surface area contributed by atoms with Crippen LogP contribution in [-0.4, -0.2) is 42.3 Å². The Bertz CT molecular complexity index is 688. The van der Waals surface area contributed by atoms with Crippen LogP contribution in [0.25, 0.3) is 0 Å². The fourth-order valence-electron chi connectivity index (χ4n) is 2.24. The molecule has 10 nitrogen and oxygen atoms in total. The molecule has 0 heterocycles. The second kappa shape index (κ2) is 12.6. The van der Waals surface area contributed by atoms with E-state index in [1.807, 2.05) is 0 Å². The average molecular weight is 432 g/mol. The van der Waals surface area contributed by atoms with E-state index < -0.39 is 31.8 Å². The number of nitrogens with two attached hydrogens (primary N) is 2. The molecule has 0 fully saturated rings. The topological polar surface area (TPSA) is 160 Å². The lowest BCUT2D eigenvalue weighted by molar-refractivity contribution is -0.146. The first-order chi connectivity index (χ1) is 13.7. The highest BCUT2D eigenvalue weighted by molar-refractivity contribution is 7.48. The second-order valence-corrected chi connectivity index (χ2v) is 7.70. The van der Waals surface area contributed by atoms with Crippen molar-refractivity contribution in [3.8, 4) is 5.75 Å². The first-order valence-electron chi connectivity index (χ1n) is 9.29. The zero-order valence-corrected chi connectivity index (χ0v) is 17.5. The number of phosphoric ester groups is 1. The van der Waals surface area contributed by atoms with Crippen molar-refractivity contribution in [3.05, 3.63) is 29.8 Å². The SMILES string of the molecule is CCOP(=O)(OCC)Oc1ccc(COC(=O)C(N)CCC[C@H](N)C(=O)O)cc1. The molecule has 0 aromatic heterocycles. The Balaban J connectivity index is 2.47. The average Bonchev–Trinajstić information content (AvgIpc) is 2.67. The predicted octanol–water partition coefficient (Wildman–Crippen LogP) is 2.20. The summed E-state index contributed by atoms with van der Waals surface area (Å²) in [6.45, 7) is 3.70. The molecule has 0 saturated carbocycles. The minimum Gasteiger partial charge on any atom is -0.480 e. The highest BCUT2D eigenvalue weighted by atomic mass is 31.2. The van der Waals surface area contributed by atoms with E-state index in [0.717, 1.165) is 0 Å². The Hall–Kier alpha value is -1.97.